The summed E-state index contributed by atoms with van der Waals surface area (Å²) in [5.74, 6) is 0.892. The molecule has 0 bridgehead atoms. The fraction of sp³-hybridized carbons (Fsp3) is 0.350. The van der Waals surface area contributed by atoms with E-state index in [-0.39, 0.29) is 5.91 Å². The number of ether oxygens (including phenoxy) is 1. The molecule has 1 aliphatic rings. The van der Waals surface area contributed by atoms with Gasteiger partial charge in [0.05, 0.1) is 18.6 Å². The predicted molar refractivity (Wildman–Crippen MR) is 111 cm³/mol. The second-order valence-electron chi connectivity index (χ2n) is 6.61. The van der Waals surface area contributed by atoms with Crippen LogP contribution in [0.2, 0.25) is 0 Å². The van der Waals surface area contributed by atoms with Crippen molar-refractivity contribution in [2.75, 3.05) is 18.2 Å². The van der Waals surface area contributed by atoms with E-state index in [4.69, 9.17) is 4.74 Å². The lowest BCUT2D eigenvalue weighted by atomic mass is 9.97. The minimum absolute atomic E-state index is 0.0697. The SMILES string of the molecule is COc1ccc(C)cc1NC(=O)CSc1ncnc2sc3c(c12)CCCC3. The fourth-order valence-corrected chi connectivity index (χ4v) is 5.53. The topological polar surface area (TPSA) is 64.1 Å². The van der Waals surface area contributed by atoms with Crippen LogP contribution in [0.3, 0.4) is 0 Å². The van der Waals surface area contributed by atoms with Gasteiger partial charge in [0.15, 0.2) is 0 Å². The number of amides is 1. The maximum absolute atomic E-state index is 12.5. The summed E-state index contributed by atoms with van der Waals surface area (Å²) in [6, 6.07) is 5.74. The van der Waals surface area contributed by atoms with Crippen molar-refractivity contribution in [1.82, 2.24) is 9.97 Å². The smallest absolute Gasteiger partial charge is 0.234 e. The number of methoxy groups -OCH3 is 1. The van der Waals surface area contributed by atoms with E-state index in [1.54, 1.807) is 24.8 Å². The van der Waals surface area contributed by atoms with Gasteiger partial charge in [0, 0.05) is 10.3 Å². The number of thiophene rings is 1. The first kappa shape index (κ1) is 18.3. The molecule has 0 aliphatic heterocycles. The standard InChI is InChI=1S/C20H21N3O2S2/c1-12-7-8-15(25-2)14(9-12)23-17(24)10-26-19-18-13-5-3-4-6-16(13)27-20(18)22-11-21-19/h7-9,11H,3-6,10H2,1-2H3,(H,23,24). The molecular weight excluding hydrogens is 378 g/mol. The van der Waals surface area contributed by atoms with Gasteiger partial charge in [-0.1, -0.05) is 17.8 Å². The Bertz CT molecular complexity index is 1000. The number of nitrogens with zero attached hydrogens (tertiary/aromatic N) is 2. The molecule has 0 saturated carbocycles. The summed E-state index contributed by atoms with van der Waals surface area (Å²) in [6.45, 7) is 1.99. The number of aromatic nitrogens is 2. The van der Waals surface area contributed by atoms with Crippen molar-refractivity contribution in [2.24, 2.45) is 0 Å². The van der Waals surface area contributed by atoms with Crippen molar-refractivity contribution in [3.63, 3.8) is 0 Å². The van der Waals surface area contributed by atoms with Gasteiger partial charge in [-0.3, -0.25) is 4.79 Å². The van der Waals surface area contributed by atoms with E-state index in [0.717, 1.165) is 33.6 Å². The van der Waals surface area contributed by atoms with E-state index in [1.807, 2.05) is 25.1 Å². The Balaban J connectivity index is 1.51. The van der Waals surface area contributed by atoms with Gasteiger partial charge in [0.25, 0.3) is 0 Å². The lowest BCUT2D eigenvalue weighted by Gasteiger charge is -2.12. The first-order chi connectivity index (χ1) is 13.2. The number of thioether (sulfide) groups is 1. The Morgan fingerprint density at radius 1 is 1.30 bits per heavy atom. The van der Waals surface area contributed by atoms with Crippen LogP contribution in [0.15, 0.2) is 29.6 Å². The number of aryl methyl sites for hydroxylation is 3. The summed E-state index contributed by atoms with van der Waals surface area (Å²) in [6.07, 6.45) is 6.28. The van der Waals surface area contributed by atoms with Crippen molar-refractivity contribution >= 4 is 44.9 Å². The summed E-state index contributed by atoms with van der Waals surface area (Å²) < 4.78 is 5.33. The second kappa shape index (κ2) is 7.86. The van der Waals surface area contributed by atoms with Crippen LogP contribution in [0.5, 0.6) is 5.75 Å². The van der Waals surface area contributed by atoms with Gasteiger partial charge in [0.2, 0.25) is 5.91 Å². The number of fused-ring (bicyclic) bond motifs is 3. The molecule has 1 aromatic carbocycles. The molecule has 5 nitrogen and oxygen atoms in total. The Hall–Kier alpha value is -2.12. The third-order valence-electron chi connectivity index (χ3n) is 4.69. The zero-order valence-corrected chi connectivity index (χ0v) is 17.0. The van der Waals surface area contributed by atoms with Crippen molar-refractivity contribution in [3.8, 4) is 5.75 Å². The van der Waals surface area contributed by atoms with Crippen LogP contribution in [0.25, 0.3) is 10.2 Å². The lowest BCUT2D eigenvalue weighted by molar-refractivity contribution is -0.113. The van der Waals surface area contributed by atoms with Crippen LogP contribution < -0.4 is 10.1 Å². The fourth-order valence-electron chi connectivity index (χ4n) is 3.41. The van der Waals surface area contributed by atoms with Crippen LogP contribution in [-0.2, 0) is 17.6 Å². The first-order valence-electron chi connectivity index (χ1n) is 8.98. The molecule has 0 atom stereocenters. The van der Waals surface area contributed by atoms with Crippen LogP contribution in [0.1, 0.15) is 28.8 Å². The van der Waals surface area contributed by atoms with E-state index in [1.165, 1.54) is 35.0 Å². The van der Waals surface area contributed by atoms with E-state index >= 15 is 0 Å². The van der Waals surface area contributed by atoms with Gasteiger partial charge in [-0.05, 0) is 55.9 Å². The monoisotopic (exact) mass is 399 g/mol. The maximum atomic E-state index is 12.5. The molecule has 27 heavy (non-hydrogen) atoms. The average Bonchev–Trinajstić information content (AvgIpc) is 3.06. The van der Waals surface area contributed by atoms with E-state index in [0.29, 0.717) is 17.2 Å². The Labute approximate surface area is 166 Å². The third kappa shape index (κ3) is 3.80. The normalized spacial score (nSPS) is 13.4. The number of anilines is 1. The second-order valence-corrected chi connectivity index (χ2v) is 8.66. The summed E-state index contributed by atoms with van der Waals surface area (Å²) >= 11 is 3.25. The predicted octanol–water partition coefficient (Wildman–Crippen LogP) is 4.62. The van der Waals surface area contributed by atoms with Crippen LogP contribution in [0, 0.1) is 6.92 Å². The number of hydrogen-bond acceptors (Lipinski definition) is 6. The molecule has 1 aliphatic carbocycles. The van der Waals surface area contributed by atoms with E-state index in [2.05, 4.69) is 15.3 Å². The number of rotatable bonds is 5. The number of carbonyl (C=O) groups is 1. The molecule has 1 N–H and O–H groups in total. The highest BCUT2D eigenvalue weighted by Crippen LogP contribution is 2.39. The van der Waals surface area contributed by atoms with Gasteiger partial charge in [-0.15, -0.1) is 11.3 Å². The van der Waals surface area contributed by atoms with Gasteiger partial charge in [0.1, 0.15) is 21.9 Å². The third-order valence-corrected chi connectivity index (χ3v) is 6.87. The lowest BCUT2D eigenvalue weighted by Crippen LogP contribution is -2.15. The van der Waals surface area contributed by atoms with E-state index in [9.17, 15) is 4.79 Å². The summed E-state index contributed by atoms with van der Waals surface area (Å²) in [7, 11) is 1.60. The Kier molecular flexibility index (Phi) is 5.31. The molecule has 2 aromatic heterocycles. The van der Waals surface area contributed by atoms with Gasteiger partial charge in [-0.2, -0.15) is 0 Å². The summed E-state index contributed by atoms with van der Waals surface area (Å²) in [4.78, 5) is 23.9. The molecule has 0 spiro atoms. The van der Waals surface area contributed by atoms with Gasteiger partial charge >= 0.3 is 0 Å². The number of benzene rings is 1. The zero-order chi connectivity index (χ0) is 18.8. The molecule has 0 radical (unpaired) electrons. The molecule has 0 fully saturated rings. The Morgan fingerprint density at radius 3 is 3.00 bits per heavy atom. The average molecular weight is 400 g/mol. The van der Waals surface area contributed by atoms with Crippen molar-refractivity contribution in [3.05, 3.63) is 40.5 Å². The van der Waals surface area contributed by atoms with E-state index < -0.39 is 0 Å². The number of carbonyl (C=O) groups excluding carboxylic acids is 1. The number of hydrogen-bond donors (Lipinski definition) is 1. The van der Waals surface area contributed by atoms with Crippen molar-refractivity contribution in [1.29, 1.82) is 0 Å². The highest BCUT2D eigenvalue weighted by Gasteiger charge is 2.20. The molecular formula is C20H21N3O2S2. The summed E-state index contributed by atoms with van der Waals surface area (Å²) in [5, 5.41) is 5.01. The minimum Gasteiger partial charge on any atom is -0.495 e. The molecule has 140 valence electrons. The molecule has 2 heterocycles. The van der Waals surface area contributed by atoms with Gasteiger partial charge < -0.3 is 10.1 Å². The van der Waals surface area contributed by atoms with Crippen LogP contribution in [0.4, 0.5) is 5.69 Å². The largest absolute Gasteiger partial charge is 0.495 e. The number of nitrogens with one attached hydrogen (secondary N) is 1. The minimum atomic E-state index is -0.0697. The highest BCUT2D eigenvalue weighted by atomic mass is 32.2. The van der Waals surface area contributed by atoms with Gasteiger partial charge in [-0.25, -0.2) is 9.97 Å². The molecule has 7 heteroatoms. The van der Waals surface area contributed by atoms with Crippen molar-refractivity contribution < 1.29 is 9.53 Å². The quantitative estimate of drug-likeness (QED) is 0.501. The Morgan fingerprint density at radius 2 is 2.15 bits per heavy atom. The summed E-state index contributed by atoms with van der Waals surface area (Å²) in [5.41, 5.74) is 3.16. The van der Waals surface area contributed by atoms with Crippen LogP contribution >= 0.6 is 23.1 Å². The molecule has 1 amide bonds. The maximum Gasteiger partial charge on any atom is 0.234 e. The molecule has 4 rings (SSSR count). The highest BCUT2D eigenvalue weighted by molar-refractivity contribution is 8.00. The first-order valence-corrected chi connectivity index (χ1v) is 10.8. The molecule has 0 saturated heterocycles. The zero-order valence-electron chi connectivity index (χ0n) is 15.4. The molecule has 3 aromatic rings. The van der Waals surface area contributed by atoms with Crippen molar-refractivity contribution in [2.45, 2.75) is 37.6 Å². The van der Waals surface area contributed by atoms with Crippen LogP contribution in [-0.4, -0.2) is 28.7 Å². The molecule has 0 unspecified atom stereocenters.